The summed E-state index contributed by atoms with van der Waals surface area (Å²) in [4.78, 5) is 10.4. The largest absolute Gasteiger partial charge is 0.315 e. The quantitative estimate of drug-likeness (QED) is 0.627. The highest BCUT2D eigenvalue weighted by Gasteiger charge is 2.23. The van der Waals surface area contributed by atoms with Crippen LogP contribution in [0.5, 0.6) is 0 Å². The van der Waals surface area contributed by atoms with Gasteiger partial charge in [-0.25, -0.2) is 13.1 Å². The predicted molar refractivity (Wildman–Crippen MR) is 79.4 cm³/mol. The van der Waals surface area contributed by atoms with Gasteiger partial charge in [-0.1, -0.05) is 24.6 Å². The highest BCUT2D eigenvalue weighted by Crippen LogP contribution is 2.20. The van der Waals surface area contributed by atoms with Gasteiger partial charge in [-0.15, -0.1) is 0 Å². The molecule has 21 heavy (non-hydrogen) atoms. The molecule has 1 heterocycles. The number of nitrogens with one attached hydrogen (secondary N) is 2. The molecule has 0 aliphatic carbocycles. The molecular weight excluding hydrogens is 294 g/mol. The molecule has 0 bridgehead atoms. The summed E-state index contributed by atoms with van der Waals surface area (Å²) in [5.41, 5.74) is 0.0402. The maximum Gasteiger partial charge on any atom is 0.273 e. The van der Waals surface area contributed by atoms with Crippen LogP contribution in [-0.2, 0) is 15.8 Å². The average molecular weight is 313 g/mol. The van der Waals surface area contributed by atoms with Crippen molar-refractivity contribution < 1.29 is 13.3 Å². The molecule has 1 aromatic rings. The van der Waals surface area contributed by atoms with Crippen molar-refractivity contribution in [1.82, 2.24) is 10.0 Å². The van der Waals surface area contributed by atoms with Gasteiger partial charge in [0.05, 0.1) is 10.7 Å². The van der Waals surface area contributed by atoms with Crippen molar-refractivity contribution in [3.8, 4) is 0 Å². The van der Waals surface area contributed by atoms with Crippen molar-refractivity contribution in [1.29, 1.82) is 0 Å². The molecule has 1 aromatic carbocycles. The molecule has 1 saturated heterocycles. The number of nitro groups is 1. The standard InChI is InChI=1S/C13H19N3O4S/c17-16(18)13-7-2-1-5-11(13)10-21(19,20)15-12-6-3-4-8-14-9-12/h1-2,5,7,12,14-15H,3-4,6,8-10H2. The Kier molecular flexibility index (Phi) is 5.27. The van der Waals surface area contributed by atoms with Gasteiger partial charge >= 0.3 is 0 Å². The maximum atomic E-state index is 12.2. The smallest absolute Gasteiger partial charge is 0.273 e. The molecule has 0 radical (unpaired) electrons. The van der Waals surface area contributed by atoms with E-state index in [9.17, 15) is 18.5 Å². The summed E-state index contributed by atoms with van der Waals surface area (Å²) in [6.45, 7) is 1.48. The Balaban J connectivity index is 2.08. The average Bonchev–Trinajstić information content (AvgIpc) is 2.66. The first-order valence-corrected chi connectivity index (χ1v) is 8.56. The third-order valence-corrected chi connectivity index (χ3v) is 4.81. The number of nitrogens with zero attached hydrogens (tertiary/aromatic N) is 1. The summed E-state index contributed by atoms with van der Waals surface area (Å²) in [7, 11) is -3.60. The summed E-state index contributed by atoms with van der Waals surface area (Å²) in [5, 5.41) is 14.1. The van der Waals surface area contributed by atoms with E-state index in [1.165, 1.54) is 18.2 Å². The lowest BCUT2D eigenvalue weighted by Crippen LogP contribution is -2.41. The van der Waals surface area contributed by atoms with Crippen molar-refractivity contribution >= 4 is 15.7 Å². The summed E-state index contributed by atoms with van der Waals surface area (Å²) < 4.78 is 27.0. The normalized spacial score (nSPS) is 19.9. The fourth-order valence-corrected chi connectivity index (χ4v) is 3.88. The van der Waals surface area contributed by atoms with Gasteiger partial charge in [0.1, 0.15) is 0 Å². The van der Waals surface area contributed by atoms with Crippen LogP contribution in [0.25, 0.3) is 0 Å². The number of rotatable bonds is 5. The van der Waals surface area contributed by atoms with Crippen molar-refractivity contribution in [2.24, 2.45) is 0 Å². The van der Waals surface area contributed by atoms with Crippen LogP contribution in [0.2, 0.25) is 0 Å². The first kappa shape index (κ1) is 15.9. The Morgan fingerprint density at radius 3 is 2.86 bits per heavy atom. The van der Waals surface area contributed by atoms with Gasteiger partial charge in [0, 0.05) is 24.2 Å². The van der Waals surface area contributed by atoms with E-state index in [-0.39, 0.29) is 23.0 Å². The van der Waals surface area contributed by atoms with Gasteiger partial charge in [-0.05, 0) is 19.4 Å². The molecule has 2 N–H and O–H groups in total. The van der Waals surface area contributed by atoms with E-state index < -0.39 is 14.9 Å². The van der Waals surface area contributed by atoms with E-state index in [2.05, 4.69) is 10.0 Å². The molecule has 2 rings (SSSR count). The summed E-state index contributed by atoms with van der Waals surface area (Å²) in [5.74, 6) is -0.374. The molecule has 7 nitrogen and oxygen atoms in total. The summed E-state index contributed by atoms with van der Waals surface area (Å²) in [6, 6.07) is 5.77. The van der Waals surface area contributed by atoms with E-state index in [0.717, 1.165) is 25.8 Å². The molecule has 116 valence electrons. The number of para-hydroxylation sites is 1. The lowest BCUT2D eigenvalue weighted by Gasteiger charge is -2.16. The fraction of sp³-hybridized carbons (Fsp3) is 0.538. The molecular formula is C13H19N3O4S. The molecule has 1 atom stereocenters. The van der Waals surface area contributed by atoms with Crippen LogP contribution in [0.15, 0.2) is 24.3 Å². The number of sulfonamides is 1. The Morgan fingerprint density at radius 1 is 1.33 bits per heavy atom. The molecule has 0 aromatic heterocycles. The van der Waals surface area contributed by atoms with E-state index in [0.29, 0.717) is 6.54 Å². The first-order chi connectivity index (χ1) is 9.98. The first-order valence-electron chi connectivity index (χ1n) is 6.91. The van der Waals surface area contributed by atoms with Crippen LogP contribution in [-0.4, -0.2) is 32.5 Å². The minimum absolute atomic E-state index is 0.153. The zero-order valence-electron chi connectivity index (χ0n) is 11.6. The Morgan fingerprint density at radius 2 is 2.10 bits per heavy atom. The predicted octanol–water partition coefficient (Wildman–Crippen LogP) is 1.16. The number of hydrogen-bond donors (Lipinski definition) is 2. The number of hydrogen-bond acceptors (Lipinski definition) is 5. The van der Waals surface area contributed by atoms with Crippen molar-refractivity contribution in [2.75, 3.05) is 13.1 Å². The molecule has 1 aliphatic rings. The Bertz CT molecular complexity index is 595. The molecule has 0 spiro atoms. The van der Waals surface area contributed by atoms with Gasteiger partial charge < -0.3 is 5.32 Å². The summed E-state index contributed by atoms with van der Waals surface area (Å²) >= 11 is 0. The van der Waals surface area contributed by atoms with E-state index in [1.807, 2.05) is 0 Å². The van der Waals surface area contributed by atoms with Crippen molar-refractivity contribution in [3.05, 3.63) is 39.9 Å². The molecule has 1 aliphatic heterocycles. The molecule has 0 saturated carbocycles. The van der Waals surface area contributed by atoms with Gasteiger partial charge in [0.2, 0.25) is 10.0 Å². The van der Waals surface area contributed by atoms with E-state index in [4.69, 9.17) is 0 Å². The Labute approximate surface area is 123 Å². The summed E-state index contributed by atoms with van der Waals surface area (Å²) in [6.07, 6.45) is 2.77. The molecule has 1 unspecified atom stereocenters. The zero-order chi connectivity index (χ0) is 15.3. The monoisotopic (exact) mass is 313 g/mol. The van der Waals surface area contributed by atoms with Crippen molar-refractivity contribution in [2.45, 2.75) is 31.1 Å². The second kappa shape index (κ2) is 6.97. The highest BCUT2D eigenvalue weighted by molar-refractivity contribution is 7.88. The van der Waals surface area contributed by atoms with Gasteiger partial charge in [0.15, 0.2) is 0 Å². The topological polar surface area (TPSA) is 101 Å². The van der Waals surface area contributed by atoms with Gasteiger partial charge in [-0.2, -0.15) is 0 Å². The van der Waals surface area contributed by atoms with Crippen LogP contribution in [0.3, 0.4) is 0 Å². The molecule has 1 fully saturated rings. The second-order valence-electron chi connectivity index (χ2n) is 5.16. The third kappa shape index (κ3) is 4.76. The second-order valence-corrected chi connectivity index (χ2v) is 6.91. The van der Waals surface area contributed by atoms with Gasteiger partial charge in [0.25, 0.3) is 5.69 Å². The van der Waals surface area contributed by atoms with Crippen LogP contribution >= 0.6 is 0 Å². The van der Waals surface area contributed by atoms with Crippen molar-refractivity contribution in [3.63, 3.8) is 0 Å². The van der Waals surface area contributed by atoms with E-state index in [1.54, 1.807) is 6.07 Å². The van der Waals surface area contributed by atoms with Crippen LogP contribution < -0.4 is 10.0 Å². The third-order valence-electron chi connectivity index (χ3n) is 3.43. The lowest BCUT2D eigenvalue weighted by atomic mass is 10.2. The van der Waals surface area contributed by atoms with Gasteiger partial charge in [-0.3, -0.25) is 10.1 Å². The van der Waals surface area contributed by atoms with Crippen LogP contribution in [0.1, 0.15) is 24.8 Å². The van der Waals surface area contributed by atoms with E-state index >= 15 is 0 Å². The lowest BCUT2D eigenvalue weighted by molar-refractivity contribution is -0.385. The SMILES string of the molecule is O=[N+]([O-])c1ccccc1CS(=O)(=O)NC1CCCCNC1. The molecule has 8 heteroatoms. The van der Waals surface area contributed by atoms with Crippen LogP contribution in [0.4, 0.5) is 5.69 Å². The fourth-order valence-electron chi connectivity index (χ4n) is 2.43. The number of nitro benzene ring substituents is 1. The minimum Gasteiger partial charge on any atom is -0.315 e. The number of benzene rings is 1. The highest BCUT2D eigenvalue weighted by atomic mass is 32.2. The molecule has 0 amide bonds. The maximum absolute atomic E-state index is 12.2. The van der Waals surface area contributed by atoms with Crippen LogP contribution in [0, 0.1) is 10.1 Å². The zero-order valence-corrected chi connectivity index (χ0v) is 12.4. The Hall–Kier alpha value is -1.51. The minimum atomic E-state index is -3.60.